The van der Waals surface area contributed by atoms with Crippen molar-refractivity contribution in [3.63, 3.8) is 0 Å². The monoisotopic (exact) mass is 426 g/mol. The van der Waals surface area contributed by atoms with Crippen molar-refractivity contribution in [3.05, 3.63) is 53.5 Å². The van der Waals surface area contributed by atoms with Crippen LogP contribution >= 0.6 is 0 Å². The first-order chi connectivity index (χ1) is 14.8. The number of aryl methyl sites for hydroxylation is 1. The van der Waals surface area contributed by atoms with Gasteiger partial charge in [0, 0.05) is 11.7 Å². The first-order valence-corrected chi connectivity index (χ1v) is 10.7. The molecule has 1 aromatic carbocycles. The summed E-state index contributed by atoms with van der Waals surface area (Å²) >= 11 is 0. The van der Waals surface area contributed by atoms with Crippen LogP contribution in [0.15, 0.2) is 41.0 Å². The van der Waals surface area contributed by atoms with Crippen molar-refractivity contribution in [1.29, 1.82) is 0 Å². The van der Waals surface area contributed by atoms with Gasteiger partial charge in [0.05, 0.1) is 11.8 Å². The van der Waals surface area contributed by atoms with Crippen LogP contribution in [0.4, 0.5) is 5.69 Å². The van der Waals surface area contributed by atoms with E-state index in [1.165, 1.54) is 18.8 Å². The Bertz CT molecular complexity index is 937. The van der Waals surface area contributed by atoms with E-state index in [4.69, 9.17) is 9.15 Å². The molecule has 0 spiro atoms. The Morgan fingerprint density at radius 1 is 1.16 bits per heavy atom. The van der Waals surface area contributed by atoms with Crippen LogP contribution < -0.4 is 10.6 Å². The minimum absolute atomic E-state index is 0.0974. The lowest BCUT2D eigenvalue weighted by Crippen LogP contribution is -2.47. The van der Waals surface area contributed by atoms with E-state index in [9.17, 15) is 14.4 Å². The fraction of sp³-hybridized carbons (Fsp3) is 0.458. The smallest absolute Gasteiger partial charge is 0.338 e. The van der Waals surface area contributed by atoms with Crippen LogP contribution in [0.3, 0.4) is 0 Å². The number of furan rings is 1. The molecule has 2 N–H and O–H groups in total. The zero-order valence-corrected chi connectivity index (χ0v) is 18.4. The van der Waals surface area contributed by atoms with Crippen molar-refractivity contribution in [3.8, 4) is 0 Å². The number of hydrogen-bond acceptors (Lipinski definition) is 5. The van der Waals surface area contributed by atoms with Crippen LogP contribution in [0.5, 0.6) is 0 Å². The van der Waals surface area contributed by atoms with Crippen molar-refractivity contribution in [2.45, 2.75) is 59.1 Å². The van der Waals surface area contributed by atoms with Gasteiger partial charge in [-0.05, 0) is 61.9 Å². The number of esters is 1. The Kier molecular flexibility index (Phi) is 7.15. The van der Waals surface area contributed by atoms with Gasteiger partial charge in [0.1, 0.15) is 0 Å². The summed E-state index contributed by atoms with van der Waals surface area (Å²) < 4.78 is 10.5. The molecule has 0 bridgehead atoms. The number of ether oxygens (including phenoxy) is 1. The van der Waals surface area contributed by atoms with E-state index < -0.39 is 18.0 Å². The largest absolute Gasteiger partial charge is 0.459 e. The third kappa shape index (κ3) is 5.54. The summed E-state index contributed by atoms with van der Waals surface area (Å²) in [7, 11) is 0. The van der Waals surface area contributed by atoms with Crippen LogP contribution in [0.2, 0.25) is 0 Å². The fourth-order valence-corrected chi connectivity index (χ4v) is 3.84. The predicted octanol–water partition coefficient (Wildman–Crippen LogP) is 4.33. The first-order valence-electron chi connectivity index (χ1n) is 10.7. The van der Waals surface area contributed by atoms with E-state index in [0.717, 1.165) is 18.4 Å². The van der Waals surface area contributed by atoms with Gasteiger partial charge in [0.25, 0.3) is 11.8 Å². The summed E-state index contributed by atoms with van der Waals surface area (Å²) in [4.78, 5) is 37.4. The molecule has 166 valence electrons. The zero-order chi connectivity index (χ0) is 22.5. The molecule has 4 atom stereocenters. The molecule has 2 aromatic rings. The molecule has 2 amide bonds. The van der Waals surface area contributed by atoms with Gasteiger partial charge < -0.3 is 19.8 Å². The zero-order valence-electron chi connectivity index (χ0n) is 18.4. The second-order valence-electron chi connectivity index (χ2n) is 8.39. The molecule has 7 heteroatoms. The minimum atomic E-state index is -0.917. The number of amides is 2. The highest BCUT2D eigenvalue weighted by Crippen LogP contribution is 2.29. The molecule has 1 aliphatic carbocycles. The lowest BCUT2D eigenvalue weighted by atomic mass is 9.78. The SMILES string of the molecule is Cc1ccc(C(=O)O[C@@H](C)C(=O)N[C@H]2CCC[C@H](C)[C@@H]2C)cc1NC(=O)c1ccco1. The van der Waals surface area contributed by atoms with Gasteiger partial charge in [0.15, 0.2) is 11.9 Å². The topological polar surface area (TPSA) is 97.6 Å². The summed E-state index contributed by atoms with van der Waals surface area (Å²) in [5.41, 5.74) is 1.50. The molecule has 3 rings (SSSR count). The van der Waals surface area contributed by atoms with Gasteiger partial charge in [-0.15, -0.1) is 0 Å². The molecule has 1 saturated carbocycles. The molecule has 1 heterocycles. The second-order valence-corrected chi connectivity index (χ2v) is 8.39. The molecule has 31 heavy (non-hydrogen) atoms. The third-order valence-electron chi connectivity index (χ3n) is 6.15. The number of nitrogens with one attached hydrogen (secondary N) is 2. The summed E-state index contributed by atoms with van der Waals surface area (Å²) in [5, 5.41) is 5.76. The van der Waals surface area contributed by atoms with Crippen LogP contribution in [0.1, 0.15) is 66.5 Å². The van der Waals surface area contributed by atoms with Gasteiger partial charge in [-0.25, -0.2) is 4.79 Å². The van der Waals surface area contributed by atoms with E-state index in [2.05, 4.69) is 24.5 Å². The van der Waals surface area contributed by atoms with E-state index in [0.29, 0.717) is 17.5 Å². The normalized spacial score (nSPS) is 21.7. The third-order valence-corrected chi connectivity index (χ3v) is 6.15. The molecule has 1 aliphatic rings. The summed E-state index contributed by atoms with van der Waals surface area (Å²) in [5.74, 6) is -0.220. The molecular formula is C24H30N2O5. The Hall–Kier alpha value is -3.09. The van der Waals surface area contributed by atoms with E-state index in [-0.39, 0.29) is 23.3 Å². The lowest BCUT2D eigenvalue weighted by Gasteiger charge is -2.35. The number of anilines is 1. The maximum Gasteiger partial charge on any atom is 0.338 e. The van der Waals surface area contributed by atoms with Crippen molar-refractivity contribution in [2.24, 2.45) is 11.8 Å². The van der Waals surface area contributed by atoms with Crippen molar-refractivity contribution in [1.82, 2.24) is 5.32 Å². The number of carbonyl (C=O) groups is 3. The molecule has 1 fully saturated rings. The van der Waals surface area contributed by atoms with Gasteiger partial charge in [0.2, 0.25) is 0 Å². The average molecular weight is 427 g/mol. The maximum absolute atomic E-state index is 12.6. The van der Waals surface area contributed by atoms with E-state index in [1.54, 1.807) is 31.2 Å². The number of hydrogen-bond donors (Lipinski definition) is 2. The minimum Gasteiger partial charge on any atom is -0.459 e. The fourth-order valence-electron chi connectivity index (χ4n) is 3.84. The van der Waals surface area contributed by atoms with Crippen molar-refractivity contribution in [2.75, 3.05) is 5.32 Å². The predicted molar refractivity (Wildman–Crippen MR) is 117 cm³/mol. The number of carbonyl (C=O) groups excluding carboxylic acids is 3. The second kappa shape index (κ2) is 9.81. The standard InChI is InChI=1S/C24H30N2O5/c1-14-7-5-8-19(16(14)3)25-22(27)17(4)31-24(29)18-11-10-15(2)20(13-18)26-23(28)21-9-6-12-30-21/h6,9-14,16-17,19H,5,7-8H2,1-4H3,(H,25,27)(H,26,28)/t14-,16-,17-,19-/m0/s1. The number of rotatable bonds is 6. The molecule has 0 aliphatic heterocycles. The molecule has 7 nitrogen and oxygen atoms in total. The summed E-state index contributed by atoms with van der Waals surface area (Å²) in [6.07, 6.45) is 3.69. The maximum atomic E-state index is 12.6. The first kappa shape index (κ1) is 22.6. The Labute approximate surface area is 182 Å². The Balaban J connectivity index is 1.61. The highest BCUT2D eigenvalue weighted by atomic mass is 16.5. The molecule has 0 radical (unpaired) electrons. The molecule has 1 aromatic heterocycles. The molecule has 0 saturated heterocycles. The van der Waals surface area contributed by atoms with E-state index in [1.807, 2.05) is 6.92 Å². The Morgan fingerprint density at radius 3 is 2.65 bits per heavy atom. The molecule has 0 unspecified atom stereocenters. The van der Waals surface area contributed by atoms with Gasteiger partial charge in [-0.1, -0.05) is 32.8 Å². The lowest BCUT2D eigenvalue weighted by molar-refractivity contribution is -0.130. The molecular weight excluding hydrogens is 396 g/mol. The highest BCUT2D eigenvalue weighted by Gasteiger charge is 2.30. The van der Waals surface area contributed by atoms with Crippen LogP contribution in [0.25, 0.3) is 0 Å². The van der Waals surface area contributed by atoms with Gasteiger partial charge in [-0.2, -0.15) is 0 Å². The highest BCUT2D eigenvalue weighted by molar-refractivity contribution is 6.03. The number of benzene rings is 1. The van der Waals surface area contributed by atoms with E-state index >= 15 is 0 Å². The van der Waals surface area contributed by atoms with Gasteiger partial charge in [-0.3, -0.25) is 9.59 Å². The Morgan fingerprint density at radius 2 is 1.94 bits per heavy atom. The van der Waals surface area contributed by atoms with Crippen molar-refractivity contribution < 1.29 is 23.5 Å². The van der Waals surface area contributed by atoms with Crippen LogP contribution in [-0.2, 0) is 9.53 Å². The average Bonchev–Trinajstić information content (AvgIpc) is 3.28. The summed E-state index contributed by atoms with van der Waals surface area (Å²) in [6, 6.07) is 8.13. The van der Waals surface area contributed by atoms with Crippen LogP contribution in [0, 0.1) is 18.8 Å². The van der Waals surface area contributed by atoms with Crippen molar-refractivity contribution >= 4 is 23.5 Å². The quantitative estimate of drug-likeness (QED) is 0.670. The van der Waals surface area contributed by atoms with Crippen LogP contribution in [-0.4, -0.2) is 29.9 Å². The summed E-state index contributed by atoms with van der Waals surface area (Å²) in [6.45, 7) is 7.73. The van der Waals surface area contributed by atoms with Gasteiger partial charge >= 0.3 is 5.97 Å².